The second-order valence-electron chi connectivity index (χ2n) is 8.67. The van der Waals surface area contributed by atoms with Crippen LogP contribution < -0.4 is 0 Å². The highest BCUT2D eigenvalue weighted by Gasteiger charge is 2.45. The molecule has 2 aliphatic heterocycles. The van der Waals surface area contributed by atoms with Crippen molar-refractivity contribution in [2.75, 3.05) is 26.2 Å². The van der Waals surface area contributed by atoms with E-state index in [0.717, 1.165) is 39.1 Å². The van der Waals surface area contributed by atoms with Crippen molar-refractivity contribution < 1.29 is 4.79 Å². The topological polar surface area (TPSA) is 41.4 Å². The van der Waals surface area contributed by atoms with Crippen molar-refractivity contribution in [3.05, 3.63) is 53.3 Å². The average molecular weight is 381 g/mol. The molecular formula is C23H32N4O. The maximum atomic E-state index is 13.0. The van der Waals surface area contributed by atoms with E-state index in [2.05, 4.69) is 53.0 Å². The minimum Gasteiger partial charge on any atom is -0.342 e. The van der Waals surface area contributed by atoms with Crippen LogP contribution in [0.15, 0.2) is 36.5 Å². The Kier molecular flexibility index (Phi) is 5.28. The van der Waals surface area contributed by atoms with Gasteiger partial charge in [0.15, 0.2) is 0 Å². The van der Waals surface area contributed by atoms with Gasteiger partial charge in [0.1, 0.15) is 0 Å². The number of hydrogen-bond donors (Lipinski definition) is 0. The number of benzene rings is 1. The minimum atomic E-state index is 0.0158. The Morgan fingerprint density at radius 1 is 1.18 bits per heavy atom. The summed E-state index contributed by atoms with van der Waals surface area (Å²) in [6.07, 6.45) is 5.33. The molecule has 4 rings (SSSR count). The van der Waals surface area contributed by atoms with Crippen LogP contribution in [0.3, 0.4) is 0 Å². The molecule has 0 N–H and O–H groups in total. The Balaban J connectivity index is 1.47. The first-order valence-corrected chi connectivity index (χ1v) is 10.5. The number of aromatic nitrogens is 2. The van der Waals surface area contributed by atoms with Crippen LogP contribution in [0.2, 0.25) is 0 Å². The normalized spacial score (nSPS) is 22.8. The predicted octanol–water partition coefficient (Wildman–Crippen LogP) is 3.35. The van der Waals surface area contributed by atoms with Gasteiger partial charge >= 0.3 is 0 Å². The van der Waals surface area contributed by atoms with E-state index in [9.17, 15) is 4.79 Å². The Bertz CT molecular complexity index is 820. The van der Waals surface area contributed by atoms with E-state index in [1.165, 1.54) is 29.7 Å². The van der Waals surface area contributed by atoms with Crippen molar-refractivity contribution in [2.45, 2.75) is 45.6 Å². The molecule has 2 fully saturated rings. The van der Waals surface area contributed by atoms with E-state index in [4.69, 9.17) is 0 Å². The number of piperidine rings is 2. The van der Waals surface area contributed by atoms with E-state index >= 15 is 0 Å². The second kappa shape index (κ2) is 7.70. The van der Waals surface area contributed by atoms with Crippen molar-refractivity contribution in [1.29, 1.82) is 0 Å². The van der Waals surface area contributed by atoms with Crippen LogP contribution in [0.1, 0.15) is 48.9 Å². The number of hydrogen-bond acceptors (Lipinski definition) is 3. The Morgan fingerprint density at radius 2 is 1.89 bits per heavy atom. The molecular weight excluding hydrogens is 348 g/mol. The molecule has 1 amide bonds. The first-order chi connectivity index (χ1) is 13.5. The molecule has 3 heterocycles. The SMILES string of the molecule is CCN1CC2(CCN(Cc3cnn(C)c3C)CC2)CC(c2ccccc2)C1=O. The molecule has 0 bridgehead atoms. The Hall–Kier alpha value is -2.14. The molecule has 1 aromatic carbocycles. The second-order valence-corrected chi connectivity index (χ2v) is 8.67. The first kappa shape index (κ1) is 19.2. The fraction of sp³-hybridized carbons (Fsp3) is 0.565. The molecule has 0 radical (unpaired) electrons. The van der Waals surface area contributed by atoms with E-state index in [1.54, 1.807) is 0 Å². The van der Waals surface area contributed by atoms with E-state index in [-0.39, 0.29) is 11.3 Å². The monoisotopic (exact) mass is 380 g/mol. The smallest absolute Gasteiger partial charge is 0.230 e. The number of likely N-dealkylation sites (tertiary alicyclic amines) is 2. The van der Waals surface area contributed by atoms with Crippen LogP contribution in [0.5, 0.6) is 0 Å². The number of carbonyl (C=O) groups excluding carboxylic acids is 1. The number of likely N-dealkylation sites (N-methyl/N-ethyl adjacent to an activating group) is 1. The quantitative estimate of drug-likeness (QED) is 0.817. The highest BCUT2D eigenvalue weighted by molar-refractivity contribution is 5.84. The van der Waals surface area contributed by atoms with Gasteiger partial charge in [0.05, 0.1) is 12.1 Å². The number of rotatable bonds is 4. The summed E-state index contributed by atoms with van der Waals surface area (Å²) in [6.45, 7) is 9.16. The van der Waals surface area contributed by atoms with Crippen molar-refractivity contribution >= 4 is 5.91 Å². The van der Waals surface area contributed by atoms with Gasteiger partial charge in [-0.25, -0.2) is 0 Å². The lowest BCUT2D eigenvalue weighted by Gasteiger charge is -2.49. The third kappa shape index (κ3) is 3.60. The summed E-state index contributed by atoms with van der Waals surface area (Å²) in [5, 5.41) is 4.38. The van der Waals surface area contributed by atoms with Crippen molar-refractivity contribution in [2.24, 2.45) is 12.5 Å². The maximum Gasteiger partial charge on any atom is 0.230 e. The van der Waals surface area contributed by atoms with Gasteiger partial charge in [-0.2, -0.15) is 5.10 Å². The molecule has 2 aliphatic rings. The van der Waals surface area contributed by atoms with Crippen molar-refractivity contribution in [1.82, 2.24) is 19.6 Å². The van der Waals surface area contributed by atoms with E-state index in [1.807, 2.05) is 24.0 Å². The highest BCUT2D eigenvalue weighted by Crippen LogP contribution is 2.45. The summed E-state index contributed by atoms with van der Waals surface area (Å²) in [6, 6.07) is 10.4. The molecule has 2 aromatic rings. The number of aryl methyl sites for hydroxylation is 1. The highest BCUT2D eigenvalue weighted by atomic mass is 16.2. The number of nitrogens with zero attached hydrogens (tertiary/aromatic N) is 4. The van der Waals surface area contributed by atoms with Crippen LogP contribution in [0.4, 0.5) is 0 Å². The standard InChI is InChI=1S/C23H32N4O/c1-4-27-17-23(14-21(22(27)28)19-8-6-5-7-9-19)10-12-26(13-11-23)16-20-15-24-25(3)18(20)2/h5-9,15,21H,4,10-14,16-17H2,1-3H3. The molecule has 1 spiro atoms. The average Bonchev–Trinajstić information content (AvgIpc) is 3.04. The molecule has 5 heteroatoms. The first-order valence-electron chi connectivity index (χ1n) is 10.5. The van der Waals surface area contributed by atoms with Gasteiger partial charge in [0.25, 0.3) is 0 Å². The fourth-order valence-corrected chi connectivity index (χ4v) is 4.99. The van der Waals surface area contributed by atoms with Gasteiger partial charge < -0.3 is 4.90 Å². The van der Waals surface area contributed by atoms with E-state index < -0.39 is 0 Å². The lowest BCUT2D eigenvalue weighted by atomic mass is 9.67. The fourth-order valence-electron chi connectivity index (χ4n) is 4.99. The maximum absolute atomic E-state index is 13.0. The van der Waals surface area contributed by atoms with Crippen LogP contribution in [0, 0.1) is 12.3 Å². The molecule has 150 valence electrons. The number of carbonyl (C=O) groups is 1. The van der Waals surface area contributed by atoms with Gasteiger partial charge in [0.2, 0.25) is 5.91 Å². The molecule has 1 aromatic heterocycles. The van der Waals surface area contributed by atoms with Crippen LogP contribution in [0.25, 0.3) is 0 Å². The van der Waals surface area contributed by atoms with Crippen molar-refractivity contribution in [3.63, 3.8) is 0 Å². The van der Waals surface area contributed by atoms with Crippen LogP contribution in [-0.4, -0.2) is 51.7 Å². The van der Waals surface area contributed by atoms with Gasteiger partial charge in [-0.1, -0.05) is 30.3 Å². The van der Waals surface area contributed by atoms with Gasteiger partial charge in [0, 0.05) is 37.9 Å². The van der Waals surface area contributed by atoms with Crippen molar-refractivity contribution in [3.8, 4) is 0 Å². The molecule has 5 nitrogen and oxygen atoms in total. The summed E-state index contributed by atoms with van der Waals surface area (Å²) in [7, 11) is 2.01. The Labute approximate surface area is 168 Å². The Morgan fingerprint density at radius 3 is 2.50 bits per heavy atom. The van der Waals surface area contributed by atoms with Crippen LogP contribution in [-0.2, 0) is 18.4 Å². The zero-order valence-electron chi connectivity index (χ0n) is 17.4. The largest absolute Gasteiger partial charge is 0.342 e. The lowest BCUT2D eigenvalue weighted by Crippen LogP contribution is -2.53. The summed E-state index contributed by atoms with van der Waals surface area (Å²) >= 11 is 0. The lowest BCUT2D eigenvalue weighted by molar-refractivity contribution is -0.141. The molecule has 0 saturated carbocycles. The third-order valence-corrected chi connectivity index (χ3v) is 7.00. The molecule has 28 heavy (non-hydrogen) atoms. The summed E-state index contributed by atoms with van der Waals surface area (Å²) in [5.41, 5.74) is 4.02. The summed E-state index contributed by atoms with van der Waals surface area (Å²) in [5.74, 6) is 0.328. The molecule has 1 atom stereocenters. The molecule has 1 unspecified atom stereocenters. The van der Waals surface area contributed by atoms with Crippen LogP contribution >= 0.6 is 0 Å². The van der Waals surface area contributed by atoms with E-state index in [0.29, 0.717) is 5.91 Å². The zero-order chi connectivity index (χ0) is 19.7. The molecule has 2 saturated heterocycles. The number of amides is 1. The predicted molar refractivity (Wildman–Crippen MR) is 111 cm³/mol. The summed E-state index contributed by atoms with van der Waals surface area (Å²) in [4.78, 5) is 17.7. The zero-order valence-corrected chi connectivity index (χ0v) is 17.4. The minimum absolute atomic E-state index is 0.0158. The summed E-state index contributed by atoms with van der Waals surface area (Å²) < 4.78 is 1.96. The van der Waals surface area contributed by atoms with Gasteiger partial charge in [-0.3, -0.25) is 14.4 Å². The van der Waals surface area contributed by atoms with Gasteiger partial charge in [-0.05, 0) is 57.2 Å². The molecule has 0 aliphatic carbocycles. The van der Waals surface area contributed by atoms with Gasteiger partial charge in [-0.15, -0.1) is 0 Å². The third-order valence-electron chi connectivity index (χ3n) is 7.00.